The molecular formula is C18H26N2O. The lowest BCUT2D eigenvalue weighted by atomic mass is 10.2. The third kappa shape index (κ3) is 8.25. The number of aliphatic hydroxyl groups excluding tert-OH is 1. The lowest BCUT2D eigenvalue weighted by Crippen LogP contribution is -2.23. The van der Waals surface area contributed by atoms with E-state index in [1.807, 2.05) is 26.2 Å². The third-order valence-electron chi connectivity index (χ3n) is 3.09. The maximum absolute atomic E-state index is 8.56. The molecule has 0 spiro atoms. The van der Waals surface area contributed by atoms with Gasteiger partial charge in [-0.15, -0.1) is 0 Å². The quantitative estimate of drug-likeness (QED) is 0.830. The molecule has 0 saturated heterocycles. The van der Waals surface area contributed by atoms with Crippen LogP contribution >= 0.6 is 0 Å². The molecule has 0 fully saturated rings. The largest absolute Gasteiger partial charge is 0.379 e. The summed E-state index contributed by atoms with van der Waals surface area (Å²) in [6, 6.07) is 20.9. The number of hydrogen-bond acceptors (Lipinski definition) is 3. The monoisotopic (exact) mass is 286 g/mol. The molecule has 0 amide bonds. The summed E-state index contributed by atoms with van der Waals surface area (Å²) in [6.07, 6.45) is -0.315. The molecule has 2 aromatic carbocycles. The van der Waals surface area contributed by atoms with Crippen molar-refractivity contribution in [3.63, 3.8) is 0 Å². The highest BCUT2D eigenvalue weighted by Gasteiger charge is 1.92. The van der Waals surface area contributed by atoms with Crippen LogP contribution in [0.1, 0.15) is 18.1 Å². The second-order valence-electron chi connectivity index (χ2n) is 5.17. The Balaban J connectivity index is 0.000000315. The number of nitrogens with zero attached hydrogens (tertiary/aromatic N) is 1. The predicted octanol–water partition coefficient (Wildman–Crippen LogP) is 2.86. The molecule has 114 valence electrons. The van der Waals surface area contributed by atoms with Gasteiger partial charge in [0.25, 0.3) is 0 Å². The second-order valence-corrected chi connectivity index (χ2v) is 5.17. The fraction of sp³-hybridized carbons (Fsp3) is 0.333. The zero-order valence-corrected chi connectivity index (χ0v) is 13.2. The van der Waals surface area contributed by atoms with Gasteiger partial charge in [0, 0.05) is 13.1 Å². The summed E-state index contributed by atoms with van der Waals surface area (Å²) in [7, 11) is 3.65. The van der Waals surface area contributed by atoms with Crippen LogP contribution in [0.15, 0.2) is 60.7 Å². The predicted molar refractivity (Wildman–Crippen MR) is 88.8 cm³/mol. The minimum atomic E-state index is -0.315. The van der Waals surface area contributed by atoms with Crippen molar-refractivity contribution in [2.24, 2.45) is 0 Å². The SMILES string of the molecule is CC(O)N(C)C.c1ccc(CNCc2ccccc2)cc1. The van der Waals surface area contributed by atoms with Crippen LogP contribution in [0.25, 0.3) is 0 Å². The van der Waals surface area contributed by atoms with Crippen LogP contribution in [0.3, 0.4) is 0 Å². The smallest absolute Gasteiger partial charge is 0.104 e. The van der Waals surface area contributed by atoms with Gasteiger partial charge in [0.1, 0.15) is 6.23 Å². The van der Waals surface area contributed by atoms with Crippen molar-refractivity contribution >= 4 is 0 Å². The summed E-state index contributed by atoms with van der Waals surface area (Å²) in [4.78, 5) is 1.72. The van der Waals surface area contributed by atoms with Crippen LogP contribution in [0, 0.1) is 0 Å². The van der Waals surface area contributed by atoms with Crippen molar-refractivity contribution in [3.05, 3.63) is 71.8 Å². The Labute approximate surface area is 128 Å². The standard InChI is InChI=1S/C14H15N.C4H11NO/c1-3-7-13(8-4-1)11-15-12-14-9-5-2-6-10-14;1-4(6)5(2)3/h1-10,15H,11-12H2;4,6H,1-3H3. The van der Waals surface area contributed by atoms with Crippen molar-refractivity contribution in [3.8, 4) is 0 Å². The zero-order valence-electron chi connectivity index (χ0n) is 13.2. The summed E-state index contributed by atoms with van der Waals surface area (Å²) in [5.41, 5.74) is 2.65. The van der Waals surface area contributed by atoms with Crippen LogP contribution in [-0.2, 0) is 13.1 Å². The lowest BCUT2D eigenvalue weighted by molar-refractivity contribution is 0.0578. The highest BCUT2D eigenvalue weighted by molar-refractivity contribution is 5.16. The van der Waals surface area contributed by atoms with Gasteiger partial charge in [-0.05, 0) is 32.1 Å². The molecule has 0 saturated carbocycles. The Kier molecular flexibility index (Phi) is 8.36. The van der Waals surface area contributed by atoms with Crippen molar-refractivity contribution < 1.29 is 5.11 Å². The molecule has 0 heterocycles. The Morgan fingerprint density at radius 1 is 0.857 bits per heavy atom. The summed E-state index contributed by atoms with van der Waals surface area (Å²) in [5.74, 6) is 0. The van der Waals surface area contributed by atoms with Crippen molar-refractivity contribution in [2.75, 3.05) is 14.1 Å². The second kappa shape index (κ2) is 10.1. The topological polar surface area (TPSA) is 35.5 Å². The molecule has 21 heavy (non-hydrogen) atoms. The first-order chi connectivity index (χ1) is 10.1. The van der Waals surface area contributed by atoms with Crippen LogP contribution < -0.4 is 5.32 Å². The third-order valence-corrected chi connectivity index (χ3v) is 3.09. The molecule has 0 aliphatic heterocycles. The summed E-state index contributed by atoms with van der Waals surface area (Å²) in [5, 5.41) is 12.0. The molecule has 3 nitrogen and oxygen atoms in total. The molecule has 0 bridgehead atoms. The van der Waals surface area contributed by atoms with Crippen molar-refractivity contribution in [1.82, 2.24) is 10.2 Å². The molecular weight excluding hydrogens is 260 g/mol. The van der Waals surface area contributed by atoms with Crippen molar-refractivity contribution in [2.45, 2.75) is 26.2 Å². The normalized spacial score (nSPS) is 11.7. The average Bonchev–Trinajstić information content (AvgIpc) is 2.50. The first-order valence-electron chi connectivity index (χ1n) is 7.22. The van der Waals surface area contributed by atoms with Gasteiger partial charge in [-0.25, -0.2) is 0 Å². The zero-order chi connectivity index (χ0) is 15.5. The van der Waals surface area contributed by atoms with Gasteiger partial charge in [-0.1, -0.05) is 60.7 Å². The van der Waals surface area contributed by atoms with E-state index in [1.54, 1.807) is 11.8 Å². The minimum Gasteiger partial charge on any atom is -0.379 e. The van der Waals surface area contributed by atoms with E-state index in [4.69, 9.17) is 5.11 Å². The van der Waals surface area contributed by atoms with E-state index in [9.17, 15) is 0 Å². The van der Waals surface area contributed by atoms with E-state index >= 15 is 0 Å². The Bertz CT molecular complexity index is 424. The van der Waals surface area contributed by atoms with E-state index in [0.29, 0.717) is 0 Å². The van der Waals surface area contributed by atoms with Gasteiger partial charge in [0.05, 0.1) is 0 Å². The number of benzene rings is 2. The molecule has 0 aliphatic rings. The van der Waals surface area contributed by atoms with Crippen LogP contribution in [0.2, 0.25) is 0 Å². The highest BCUT2D eigenvalue weighted by Crippen LogP contribution is 2.00. The summed E-state index contributed by atoms with van der Waals surface area (Å²) < 4.78 is 0. The summed E-state index contributed by atoms with van der Waals surface area (Å²) in [6.45, 7) is 3.57. The molecule has 1 atom stereocenters. The van der Waals surface area contributed by atoms with E-state index < -0.39 is 0 Å². The highest BCUT2D eigenvalue weighted by atomic mass is 16.3. The van der Waals surface area contributed by atoms with Crippen LogP contribution in [0.5, 0.6) is 0 Å². The Morgan fingerprint density at radius 3 is 1.48 bits per heavy atom. The number of nitrogens with one attached hydrogen (secondary N) is 1. The van der Waals surface area contributed by atoms with Crippen LogP contribution in [-0.4, -0.2) is 30.3 Å². The van der Waals surface area contributed by atoms with E-state index in [0.717, 1.165) is 13.1 Å². The van der Waals surface area contributed by atoms with Gasteiger partial charge < -0.3 is 10.4 Å². The molecule has 1 unspecified atom stereocenters. The Hall–Kier alpha value is -1.68. The Morgan fingerprint density at radius 2 is 1.19 bits per heavy atom. The number of aliphatic hydroxyl groups is 1. The van der Waals surface area contributed by atoms with Gasteiger partial charge in [0.2, 0.25) is 0 Å². The molecule has 2 N–H and O–H groups in total. The van der Waals surface area contributed by atoms with Gasteiger partial charge >= 0.3 is 0 Å². The molecule has 2 aromatic rings. The minimum absolute atomic E-state index is 0.315. The summed E-state index contributed by atoms with van der Waals surface area (Å²) >= 11 is 0. The van der Waals surface area contributed by atoms with E-state index in [2.05, 4.69) is 53.8 Å². The lowest BCUT2D eigenvalue weighted by Gasteiger charge is -2.11. The fourth-order valence-electron chi connectivity index (χ4n) is 1.54. The molecule has 0 aliphatic carbocycles. The van der Waals surface area contributed by atoms with E-state index in [-0.39, 0.29) is 6.23 Å². The maximum atomic E-state index is 8.56. The van der Waals surface area contributed by atoms with Gasteiger partial charge in [0.15, 0.2) is 0 Å². The number of hydrogen-bond donors (Lipinski definition) is 2. The maximum Gasteiger partial charge on any atom is 0.104 e. The van der Waals surface area contributed by atoms with Gasteiger partial charge in [-0.2, -0.15) is 0 Å². The van der Waals surface area contributed by atoms with Crippen LogP contribution in [0.4, 0.5) is 0 Å². The fourth-order valence-corrected chi connectivity index (χ4v) is 1.54. The molecule has 2 rings (SSSR count). The number of rotatable bonds is 5. The first-order valence-corrected chi connectivity index (χ1v) is 7.22. The first kappa shape index (κ1) is 17.4. The van der Waals surface area contributed by atoms with Crippen molar-refractivity contribution in [1.29, 1.82) is 0 Å². The molecule has 3 heteroatoms. The van der Waals surface area contributed by atoms with E-state index in [1.165, 1.54) is 11.1 Å². The average molecular weight is 286 g/mol. The molecule has 0 radical (unpaired) electrons. The molecule has 0 aromatic heterocycles. The van der Waals surface area contributed by atoms with Gasteiger partial charge in [-0.3, -0.25) is 4.90 Å².